The second kappa shape index (κ2) is 7.41. The van der Waals surface area contributed by atoms with Gasteiger partial charge in [0.1, 0.15) is 5.69 Å². The quantitative estimate of drug-likeness (QED) is 0.290. The van der Waals surface area contributed by atoms with Gasteiger partial charge < -0.3 is 15.6 Å². The highest BCUT2D eigenvalue weighted by Gasteiger charge is 2.19. The molecule has 0 radical (unpaired) electrons. The second-order valence-corrected chi connectivity index (χ2v) is 5.25. The Balaban J connectivity index is 2.83. The Morgan fingerprint density at radius 1 is 1.57 bits per heavy atom. The van der Waals surface area contributed by atoms with Gasteiger partial charge in [-0.1, -0.05) is 13.8 Å². The number of carbonyl (C=O) groups is 1. The van der Waals surface area contributed by atoms with Crippen molar-refractivity contribution in [3.8, 4) is 0 Å². The molecule has 21 heavy (non-hydrogen) atoms. The lowest BCUT2D eigenvalue weighted by Crippen LogP contribution is -2.29. The fourth-order valence-corrected chi connectivity index (χ4v) is 1.77. The molecule has 0 aliphatic carbocycles. The lowest BCUT2D eigenvalue weighted by atomic mass is 10.1. The van der Waals surface area contributed by atoms with Crippen LogP contribution in [0.2, 0.25) is 0 Å². The number of hydrogen-bond acceptors (Lipinski definition) is 4. The van der Waals surface area contributed by atoms with Gasteiger partial charge in [0.15, 0.2) is 0 Å². The first-order chi connectivity index (χ1) is 9.81. The molecule has 0 aromatic carbocycles. The summed E-state index contributed by atoms with van der Waals surface area (Å²) >= 11 is 0. The normalized spacial score (nSPS) is 10.6. The van der Waals surface area contributed by atoms with Crippen molar-refractivity contribution >= 4 is 17.4 Å². The maximum absolute atomic E-state index is 12.1. The van der Waals surface area contributed by atoms with Crippen molar-refractivity contribution in [2.75, 3.05) is 6.54 Å². The van der Waals surface area contributed by atoms with E-state index in [1.807, 2.05) is 13.8 Å². The molecule has 1 aromatic rings. The molecule has 0 bridgehead atoms. The molecule has 0 fully saturated rings. The fraction of sp³-hybridized carbons (Fsp3) is 0.538. The number of amides is 1. The maximum atomic E-state index is 12.1. The van der Waals surface area contributed by atoms with Crippen LogP contribution in [0.15, 0.2) is 12.3 Å². The smallest absolute Gasteiger partial charge is 0.287 e. The third-order valence-electron chi connectivity index (χ3n) is 2.95. The SMILES string of the molecule is CC(C)CCn1cc([N+](=O)[O-])cc1C(=O)NCCC(=N)N. The van der Waals surface area contributed by atoms with Crippen molar-refractivity contribution in [2.24, 2.45) is 11.7 Å². The Morgan fingerprint density at radius 3 is 2.76 bits per heavy atom. The van der Waals surface area contributed by atoms with Gasteiger partial charge in [-0.3, -0.25) is 20.3 Å². The highest BCUT2D eigenvalue weighted by molar-refractivity contribution is 5.93. The third kappa shape index (κ3) is 5.25. The summed E-state index contributed by atoms with van der Waals surface area (Å²) in [4.78, 5) is 22.4. The first-order valence-electron chi connectivity index (χ1n) is 6.77. The molecule has 1 aromatic heterocycles. The zero-order valence-corrected chi connectivity index (χ0v) is 12.3. The minimum atomic E-state index is -0.516. The van der Waals surface area contributed by atoms with Gasteiger partial charge >= 0.3 is 0 Å². The van der Waals surface area contributed by atoms with Crippen molar-refractivity contribution in [3.05, 3.63) is 28.1 Å². The molecule has 8 heteroatoms. The largest absolute Gasteiger partial charge is 0.388 e. The Hall–Kier alpha value is -2.38. The number of nitrogens with one attached hydrogen (secondary N) is 2. The van der Waals surface area contributed by atoms with Gasteiger partial charge in [-0.2, -0.15) is 0 Å². The number of nitrogens with two attached hydrogens (primary N) is 1. The van der Waals surface area contributed by atoms with E-state index in [2.05, 4.69) is 5.32 Å². The van der Waals surface area contributed by atoms with E-state index in [1.165, 1.54) is 12.3 Å². The molecular formula is C13H21N5O3. The summed E-state index contributed by atoms with van der Waals surface area (Å²) in [6, 6.07) is 1.27. The number of nitrogens with zero attached hydrogens (tertiary/aromatic N) is 2. The van der Waals surface area contributed by atoms with Crippen LogP contribution in [-0.4, -0.2) is 27.8 Å². The molecule has 0 unspecified atom stereocenters. The van der Waals surface area contributed by atoms with Crippen molar-refractivity contribution < 1.29 is 9.72 Å². The number of aromatic nitrogens is 1. The van der Waals surface area contributed by atoms with E-state index in [0.29, 0.717) is 12.5 Å². The molecule has 1 amide bonds. The second-order valence-electron chi connectivity index (χ2n) is 5.25. The number of carbonyl (C=O) groups excluding carboxylic acids is 1. The van der Waals surface area contributed by atoms with Crippen LogP contribution in [-0.2, 0) is 6.54 Å². The van der Waals surface area contributed by atoms with E-state index in [0.717, 1.165) is 6.42 Å². The van der Waals surface area contributed by atoms with Crippen molar-refractivity contribution in [3.63, 3.8) is 0 Å². The Morgan fingerprint density at radius 2 is 2.24 bits per heavy atom. The average molecular weight is 295 g/mol. The van der Waals surface area contributed by atoms with Gasteiger partial charge in [0.25, 0.3) is 11.6 Å². The Labute approximate surface area is 123 Å². The van der Waals surface area contributed by atoms with E-state index in [-0.39, 0.29) is 30.2 Å². The van der Waals surface area contributed by atoms with Crippen LogP contribution in [0.5, 0.6) is 0 Å². The van der Waals surface area contributed by atoms with Crippen LogP contribution in [0, 0.1) is 21.4 Å². The molecule has 0 spiro atoms. The number of hydrogen-bond donors (Lipinski definition) is 3. The molecule has 0 atom stereocenters. The van der Waals surface area contributed by atoms with Gasteiger partial charge in [0.2, 0.25) is 0 Å². The summed E-state index contributed by atoms with van der Waals surface area (Å²) in [5.41, 5.74) is 5.36. The summed E-state index contributed by atoms with van der Waals surface area (Å²) in [6.45, 7) is 4.87. The molecule has 8 nitrogen and oxygen atoms in total. The van der Waals surface area contributed by atoms with Crippen LogP contribution in [0.25, 0.3) is 0 Å². The summed E-state index contributed by atoms with van der Waals surface area (Å²) < 4.78 is 1.60. The van der Waals surface area contributed by atoms with Crippen LogP contribution < -0.4 is 11.1 Å². The topological polar surface area (TPSA) is 127 Å². The molecule has 1 heterocycles. The molecule has 4 N–H and O–H groups in total. The predicted molar refractivity (Wildman–Crippen MR) is 79.4 cm³/mol. The lowest BCUT2D eigenvalue weighted by Gasteiger charge is -2.10. The van der Waals surface area contributed by atoms with E-state index >= 15 is 0 Å². The minimum Gasteiger partial charge on any atom is -0.388 e. The number of aryl methyl sites for hydroxylation is 1. The van der Waals surface area contributed by atoms with Crippen molar-refractivity contribution in [2.45, 2.75) is 33.2 Å². The first-order valence-corrected chi connectivity index (χ1v) is 6.77. The van der Waals surface area contributed by atoms with E-state index in [4.69, 9.17) is 11.1 Å². The molecule has 116 valence electrons. The van der Waals surface area contributed by atoms with Gasteiger partial charge in [-0.15, -0.1) is 0 Å². The monoisotopic (exact) mass is 295 g/mol. The van der Waals surface area contributed by atoms with Gasteiger partial charge in [0, 0.05) is 25.6 Å². The van der Waals surface area contributed by atoms with Crippen molar-refractivity contribution in [1.82, 2.24) is 9.88 Å². The van der Waals surface area contributed by atoms with Crippen LogP contribution in [0.4, 0.5) is 5.69 Å². The third-order valence-corrected chi connectivity index (χ3v) is 2.95. The number of nitro groups is 1. The van der Waals surface area contributed by atoms with Gasteiger partial charge in [-0.05, 0) is 12.3 Å². The summed E-state index contributed by atoms with van der Waals surface area (Å²) in [6.07, 6.45) is 2.45. The molecule has 0 saturated carbocycles. The van der Waals surface area contributed by atoms with Crippen molar-refractivity contribution in [1.29, 1.82) is 5.41 Å². The minimum absolute atomic E-state index is 0.0172. The lowest BCUT2D eigenvalue weighted by molar-refractivity contribution is -0.384. The van der Waals surface area contributed by atoms with E-state index in [1.54, 1.807) is 4.57 Å². The van der Waals surface area contributed by atoms with E-state index < -0.39 is 10.8 Å². The molecule has 1 rings (SSSR count). The maximum Gasteiger partial charge on any atom is 0.287 e. The predicted octanol–water partition coefficient (Wildman–Crippen LogP) is 1.50. The zero-order chi connectivity index (χ0) is 16.0. The van der Waals surface area contributed by atoms with Crippen LogP contribution in [0.1, 0.15) is 37.2 Å². The number of amidine groups is 1. The highest BCUT2D eigenvalue weighted by Crippen LogP contribution is 2.18. The molecule has 0 aliphatic heterocycles. The van der Waals surface area contributed by atoms with Gasteiger partial charge in [0.05, 0.1) is 17.0 Å². The Bertz CT molecular complexity index is 536. The fourth-order valence-electron chi connectivity index (χ4n) is 1.77. The summed E-state index contributed by atoms with van der Waals surface area (Å²) in [7, 11) is 0. The summed E-state index contributed by atoms with van der Waals surface area (Å²) in [5.74, 6) is 0.0182. The standard InChI is InChI=1S/C13H21N5O3/c1-9(2)4-6-17-8-10(18(20)21)7-11(17)13(19)16-5-3-12(14)15/h7-9H,3-6H2,1-2H3,(H3,14,15)(H,16,19). The Kier molecular flexibility index (Phi) is 5.89. The average Bonchev–Trinajstić information content (AvgIpc) is 2.80. The summed E-state index contributed by atoms with van der Waals surface area (Å²) in [5, 5.41) is 20.5. The molecular weight excluding hydrogens is 274 g/mol. The van der Waals surface area contributed by atoms with Crippen LogP contribution in [0.3, 0.4) is 0 Å². The van der Waals surface area contributed by atoms with E-state index in [9.17, 15) is 14.9 Å². The highest BCUT2D eigenvalue weighted by atomic mass is 16.6. The van der Waals surface area contributed by atoms with Gasteiger partial charge in [-0.25, -0.2) is 0 Å². The number of rotatable bonds is 8. The van der Waals surface area contributed by atoms with Crippen LogP contribution >= 0.6 is 0 Å². The zero-order valence-electron chi connectivity index (χ0n) is 12.3. The molecule has 0 aliphatic rings. The molecule has 0 saturated heterocycles. The first kappa shape index (κ1) is 16.7.